The number of benzene rings is 1. The highest BCUT2D eigenvalue weighted by Crippen LogP contribution is 2.32. The molecule has 2 aromatic rings. The van der Waals surface area contributed by atoms with E-state index in [1.165, 1.54) is 4.88 Å². The summed E-state index contributed by atoms with van der Waals surface area (Å²) >= 11 is 8.77. The standard InChI is InChI=1S/C13H13Br2NOS/c1-17-13-9(5-10(14)6-12(13)15)7-16-8-11-3-2-4-18-11/h2-6,16H,7-8H2,1H3. The van der Waals surface area contributed by atoms with E-state index in [0.29, 0.717) is 0 Å². The zero-order valence-corrected chi connectivity index (χ0v) is 13.9. The van der Waals surface area contributed by atoms with E-state index >= 15 is 0 Å². The summed E-state index contributed by atoms with van der Waals surface area (Å²) in [6.07, 6.45) is 0. The fourth-order valence-electron chi connectivity index (χ4n) is 1.71. The zero-order valence-electron chi connectivity index (χ0n) is 9.87. The molecule has 1 aromatic heterocycles. The van der Waals surface area contributed by atoms with Gasteiger partial charge in [0.05, 0.1) is 11.6 Å². The van der Waals surface area contributed by atoms with Crippen LogP contribution >= 0.6 is 43.2 Å². The Morgan fingerprint density at radius 1 is 1.28 bits per heavy atom. The molecule has 5 heteroatoms. The highest BCUT2D eigenvalue weighted by atomic mass is 79.9. The summed E-state index contributed by atoms with van der Waals surface area (Å²) in [6, 6.07) is 8.26. The molecule has 0 saturated heterocycles. The molecule has 1 aromatic carbocycles. The Kier molecular flexibility index (Phi) is 5.24. The molecule has 2 rings (SSSR count). The lowest BCUT2D eigenvalue weighted by Gasteiger charge is -2.12. The molecule has 0 aliphatic carbocycles. The van der Waals surface area contributed by atoms with Gasteiger partial charge in [0, 0.05) is 28.0 Å². The lowest BCUT2D eigenvalue weighted by Crippen LogP contribution is -2.12. The van der Waals surface area contributed by atoms with Gasteiger partial charge in [-0.2, -0.15) is 0 Å². The molecular weight excluding hydrogens is 378 g/mol. The summed E-state index contributed by atoms with van der Waals surface area (Å²) in [5.74, 6) is 0.886. The number of methoxy groups -OCH3 is 1. The van der Waals surface area contributed by atoms with Crippen molar-refractivity contribution < 1.29 is 4.74 Å². The molecule has 0 aliphatic heterocycles. The molecule has 0 fully saturated rings. The van der Waals surface area contributed by atoms with Gasteiger partial charge in [0.15, 0.2) is 0 Å². The Balaban J connectivity index is 2.04. The molecule has 0 atom stereocenters. The number of thiophene rings is 1. The minimum atomic E-state index is 0.777. The van der Waals surface area contributed by atoms with Gasteiger partial charge in [-0.25, -0.2) is 0 Å². The topological polar surface area (TPSA) is 21.3 Å². The molecule has 0 amide bonds. The van der Waals surface area contributed by atoms with Gasteiger partial charge in [0.2, 0.25) is 0 Å². The Hall–Kier alpha value is -0.360. The monoisotopic (exact) mass is 389 g/mol. The maximum Gasteiger partial charge on any atom is 0.137 e. The first-order valence-corrected chi connectivity index (χ1v) is 7.92. The average molecular weight is 391 g/mol. The van der Waals surface area contributed by atoms with E-state index in [1.54, 1.807) is 18.4 Å². The fourth-order valence-corrected chi connectivity index (χ4v) is 3.86. The number of hydrogen-bond acceptors (Lipinski definition) is 3. The van der Waals surface area contributed by atoms with Crippen molar-refractivity contribution in [2.24, 2.45) is 0 Å². The van der Waals surface area contributed by atoms with E-state index < -0.39 is 0 Å². The third-order valence-electron chi connectivity index (χ3n) is 2.48. The van der Waals surface area contributed by atoms with Crippen molar-refractivity contribution in [2.75, 3.05) is 7.11 Å². The molecule has 2 nitrogen and oxygen atoms in total. The Morgan fingerprint density at radius 2 is 2.11 bits per heavy atom. The molecule has 1 N–H and O–H groups in total. The molecule has 0 bridgehead atoms. The Morgan fingerprint density at radius 3 is 2.78 bits per heavy atom. The van der Waals surface area contributed by atoms with E-state index in [4.69, 9.17) is 4.74 Å². The molecule has 96 valence electrons. The summed E-state index contributed by atoms with van der Waals surface area (Å²) in [7, 11) is 1.69. The third-order valence-corrected chi connectivity index (χ3v) is 4.41. The smallest absolute Gasteiger partial charge is 0.137 e. The van der Waals surface area contributed by atoms with Crippen molar-refractivity contribution in [3.05, 3.63) is 49.0 Å². The number of halogens is 2. The fraction of sp³-hybridized carbons (Fsp3) is 0.231. The predicted octanol–water partition coefficient (Wildman–Crippen LogP) is 4.57. The average Bonchev–Trinajstić information content (AvgIpc) is 2.81. The zero-order chi connectivity index (χ0) is 13.0. The second-order valence-electron chi connectivity index (χ2n) is 3.76. The van der Waals surface area contributed by atoms with Gasteiger partial charge in [-0.1, -0.05) is 22.0 Å². The molecular formula is C13H13Br2NOS. The molecule has 0 saturated carbocycles. The van der Waals surface area contributed by atoms with Crippen molar-refractivity contribution in [3.8, 4) is 5.75 Å². The minimum absolute atomic E-state index is 0.777. The van der Waals surface area contributed by atoms with Crippen molar-refractivity contribution in [1.82, 2.24) is 5.32 Å². The van der Waals surface area contributed by atoms with E-state index in [1.807, 2.05) is 6.07 Å². The maximum absolute atomic E-state index is 5.41. The summed E-state index contributed by atoms with van der Waals surface area (Å²) in [4.78, 5) is 1.34. The van der Waals surface area contributed by atoms with Crippen LogP contribution in [0.5, 0.6) is 5.75 Å². The Labute approximate surface area is 128 Å². The highest BCUT2D eigenvalue weighted by Gasteiger charge is 2.08. The first-order valence-electron chi connectivity index (χ1n) is 5.45. The van der Waals surface area contributed by atoms with Gasteiger partial charge in [-0.3, -0.25) is 0 Å². The van der Waals surface area contributed by atoms with E-state index in [0.717, 1.165) is 33.3 Å². The van der Waals surface area contributed by atoms with E-state index in [9.17, 15) is 0 Å². The third kappa shape index (κ3) is 3.57. The van der Waals surface area contributed by atoms with Crippen LogP contribution in [0.2, 0.25) is 0 Å². The quantitative estimate of drug-likeness (QED) is 0.807. The van der Waals surface area contributed by atoms with Crippen LogP contribution in [0.3, 0.4) is 0 Å². The molecule has 0 spiro atoms. The lowest BCUT2D eigenvalue weighted by molar-refractivity contribution is 0.405. The molecule has 0 radical (unpaired) electrons. The van der Waals surface area contributed by atoms with Crippen molar-refractivity contribution in [3.63, 3.8) is 0 Å². The van der Waals surface area contributed by atoms with Crippen molar-refractivity contribution >= 4 is 43.2 Å². The molecule has 0 unspecified atom stereocenters. The van der Waals surface area contributed by atoms with Gasteiger partial charge in [0.25, 0.3) is 0 Å². The van der Waals surface area contributed by atoms with Crippen LogP contribution in [-0.2, 0) is 13.1 Å². The van der Waals surface area contributed by atoms with Crippen LogP contribution in [-0.4, -0.2) is 7.11 Å². The second kappa shape index (κ2) is 6.70. The summed E-state index contributed by atoms with van der Waals surface area (Å²) in [5, 5.41) is 5.51. The first-order chi connectivity index (χ1) is 8.70. The predicted molar refractivity (Wildman–Crippen MR) is 83.3 cm³/mol. The molecule has 18 heavy (non-hydrogen) atoms. The largest absolute Gasteiger partial charge is 0.495 e. The molecule has 1 heterocycles. The van der Waals surface area contributed by atoms with Crippen LogP contribution in [0.25, 0.3) is 0 Å². The van der Waals surface area contributed by atoms with Crippen LogP contribution in [0.15, 0.2) is 38.6 Å². The maximum atomic E-state index is 5.41. The van der Waals surface area contributed by atoms with Gasteiger partial charge in [-0.15, -0.1) is 11.3 Å². The van der Waals surface area contributed by atoms with Crippen LogP contribution in [0.1, 0.15) is 10.4 Å². The summed E-state index contributed by atoms with van der Waals surface area (Å²) in [6.45, 7) is 1.66. The SMILES string of the molecule is COc1c(Br)cc(Br)cc1CNCc1cccs1. The number of rotatable bonds is 5. The normalized spacial score (nSPS) is 10.6. The highest BCUT2D eigenvalue weighted by molar-refractivity contribution is 9.11. The molecule has 0 aliphatic rings. The summed E-state index contributed by atoms with van der Waals surface area (Å²) in [5.41, 5.74) is 1.13. The lowest BCUT2D eigenvalue weighted by atomic mass is 10.2. The van der Waals surface area contributed by atoms with Crippen LogP contribution in [0, 0.1) is 0 Å². The van der Waals surface area contributed by atoms with Gasteiger partial charge in [-0.05, 0) is 39.5 Å². The van der Waals surface area contributed by atoms with Crippen LogP contribution in [0.4, 0.5) is 0 Å². The van der Waals surface area contributed by atoms with Crippen molar-refractivity contribution in [2.45, 2.75) is 13.1 Å². The van der Waals surface area contributed by atoms with E-state index in [-0.39, 0.29) is 0 Å². The number of hydrogen-bond donors (Lipinski definition) is 1. The van der Waals surface area contributed by atoms with Crippen molar-refractivity contribution in [1.29, 1.82) is 0 Å². The van der Waals surface area contributed by atoms with Gasteiger partial charge < -0.3 is 10.1 Å². The van der Waals surface area contributed by atoms with Gasteiger partial charge in [0.1, 0.15) is 5.75 Å². The minimum Gasteiger partial charge on any atom is -0.495 e. The second-order valence-corrected chi connectivity index (χ2v) is 6.57. The Bertz CT molecular complexity index is 514. The summed E-state index contributed by atoms with van der Waals surface area (Å²) < 4.78 is 7.42. The van der Waals surface area contributed by atoms with Crippen LogP contribution < -0.4 is 10.1 Å². The number of ether oxygens (including phenoxy) is 1. The first kappa shape index (κ1) is 14.1. The number of nitrogens with one attached hydrogen (secondary N) is 1. The van der Waals surface area contributed by atoms with E-state index in [2.05, 4.69) is 60.8 Å². The van der Waals surface area contributed by atoms with Gasteiger partial charge >= 0.3 is 0 Å².